The average molecular weight is 369 g/mol. The monoisotopic (exact) mass is 369 g/mol. The number of benzene rings is 2. The largest absolute Gasteiger partial charge is 0.277 e. The number of rotatable bonds is 7. The SMILES string of the molecule is C=C(N=C/C=C\C)c1cc(C)cc(C(=O)NNSc2ccccc2F)c1. The Hall–Kier alpha value is -2.70. The highest BCUT2D eigenvalue weighted by Gasteiger charge is 2.09. The van der Waals surface area contributed by atoms with Gasteiger partial charge in [-0.1, -0.05) is 24.8 Å². The number of hydrazine groups is 1. The minimum Gasteiger partial charge on any atom is -0.277 e. The minimum atomic E-state index is -0.354. The van der Waals surface area contributed by atoms with E-state index in [1.807, 2.05) is 26.0 Å². The van der Waals surface area contributed by atoms with Crippen LogP contribution in [0.1, 0.15) is 28.4 Å². The predicted molar refractivity (Wildman–Crippen MR) is 106 cm³/mol. The van der Waals surface area contributed by atoms with Crippen LogP contribution >= 0.6 is 11.9 Å². The fraction of sp³-hybridized carbons (Fsp3) is 0.100. The molecule has 0 saturated carbocycles. The van der Waals surface area contributed by atoms with Gasteiger partial charge in [0.05, 0.1) is 10.6 Å². The third-order valence-corrected chi connectivity index (χ3v) is 4.10. The molecule has 4 nitrogen and oxygen atoms in total. The lowest BCUT2D eigenvalue weighted by molar-refractivity contribution is 0.0947. The summed E-state index contributed by atoms with van der Waals surface area (Å²) >= 11 is 0.993. The van der Waals surface area contributed by atoms with E-state index in [1.165, 1.54) is 6.07 Å². The van der Waals surface area contributed by atoms with E-state index in [-0.39, 0.29) is 11.7 Å². The summed E-state index contributed by atoms with van der Waals surface area (Å²) in [7, 11) is 0. The molecule has 0 atom stereocenters. The first-order valence-corrected chi connectivity index (χ1v) is 8.76. The van der Waals surface area contributed by atoms with Gasteiger partial charge in [0.25, 0.3) is 5.91 Å². The zero-order valence-corrected chi connectivity index (χ0v) is 15.4. The van der Waals surface area contributed by atoms with E-state index < -0.39 is 0 Å². The quantitative estimate of drug-likeness (QED) is 0.423. The second-order valence-corrected chi connectivity index (χ2v) is 6.28. The molecular weight excluding hydrogens is 349 g/mol. The number of hydrogen-bond donors (Lipinski definition) is 2. The Kier molecular flexibility index (Phi) is 7.32. The highest BCUT2D eigenvalue weighted by Crippen LogP contribution is 2.19. The molecule has 1 amide bonds. The number of carbonyl (C=O) groups is 1. The molecule has 2 aromatic rings. The fourth-order valence-corrected chi connectivity index (χ4v) is 2.67. The number of halogens is 1. The van der Waals surface area contributed by atoms with Gasteiger partial charge in [-0.3, -0.25) is 15.2 Å². The van der Waals surface area contributed by atoms with E-state index in [9.17, 15) is 9.18 Å². The smallest absolute Gasteiger partial charge is 0.266 e. The first-order valence-electron chi connectivity index (χ1n) is 7.94. The van der Waals surface area contributed by atoms with Crippen LogP contribution < -0.4 is 10.3 Å². The van der Waals surface area contributed by atoms with E-state index in [0.717, 1.165) is 23.1 Å². The molecule has 0 unspecified atom stereocenters. The molecular formula is C20H20FN3OS. The lowest BCUT2D eigenvalue weighted by atomic mass is 10.0. The Morgan fingerprint density at radius 2 is 1.96 bits per heavy atom. The summed E-state index contributed by atoms with van der Waals surface area (Å²) < 4.78 is 13.6. The van der Waals surface area contributed by atoms with E-state index in [2.05, 4.69) is 21.8 Å². The van der Waals surface area contributed by atoms with Crippen molar-refractivity contribution in [3.05, 3.63) is 83.7 Å². The summed E-state index contributed by atoms with van der Waals surface area (Å²) in [5, 5.41) is 0. The number of carbonyl (C=O) groups excluding carboxylic acids is 1. The molecule has 0 saturated heterocycles. The Morgan fingerprint density at radius 1 is 1.23 bits per heavy atom. The van der Waals surface area contributed by atoms with Crippen LogP contribution in [0.15, 0.2) is 71.1 Å². The fourth-order valence-electron chi connectivity index (χ4n) is 2.10. The highest BCUT2D eigenvalue weighted by molar-refractivity contribution is 7.97. The predicted octanol–water partition coefficient (Wildman–Crippen LogP) is 4.69. The van der Waals surface area contributed by atoms with Crippen molar-refractivity contribution in [2.75, 3.05) is 0 Å². The molecule has 0 aliphatic carbocycles. The zero-order valence-electron chi connectivity index (χ0n) is 14.6. The number of aryl methyl sites for hydroxylation is 1. The van der Waals surface area contributed by atoms with Crippen molar-refractivity contribution >= 4 is 29.8 Å². The van der Waals surface area contributed by atoms with Gasteiger partial charge in [0.2, 0.25) is 0 Å². The van der Waals surface area contributed by atoms with Crippen LogP contribution in [0.2, 0.25) is 0 Å². The van der Waals surface area contributed by atoms with Crippen molar-refractivity contribution in [1.29, 1.82) is 0 Å². The Balaban J connectivity index is 2.04. The normalized spacial score (nSPS) is 11.2. The lowest BCUT2D eigenvalue weighted by Crippen LogP contribution is -2.32. The molecule has 134 valence electrons. The standard InChI is InChI=1S/C20H20FN3OS/c1-4-5-10-22-15(3)16-11-14(2)12-17(13-16)20(25)23-24-26-19-9-7-6-8-18(19)21/h4-13,24H,3H2,1-2H3,(H,23,25)/b5-4-,22-10?. The molecule has 0 aliphatic rings. The summed E-state index contributed by atoms with van der Waals surface area (Å²) in [4.78, 5) is 19.6. The van der Waals surface area contributed by atoms with Crippen molar-refractivity contribution in [2.45, 2.75) is 18.7 Å². The van der Waals surface area contributed by atoms with Gasteiger partial charge in [-0.15, -0.1) is 0 Å². The topological polar surface area (TPSA) is 53.5 Å². The Labute approximate surface area is 157 Å². The molecule has 0 fully saturated rings. The van der Waals surface area contributed by atoms with Crippen molar-refractivity contribution in [2.24, 2.45) is 4.99 Å². The highest BCUT2D eigenvalue weighted by atomic mass is 32.2. The second-order valence-electron chi connectivity index (χ2n) is 5.43. The van der Waals surface area contributed by atoms with Crippen molar-refractivity contribution < 1.29 is 9.18 Å². The van der Waals surface area contributed by atoms with Crippen LogP contribution in [0.5, 0.6) is 0 Å². The molecule has 0 bridgehead atoms. The average Bonchev–Trinajstić information content (AvgIpc) is 2.62. The maximum Gasteiger partial charge on any atom is 0.266 e. The van der Waals surface area contributed by atoms with Gasteiger partial charge in [0.1, 0.15) is 5.82 Å². The molecule has 6 heteroatoms. The Morgan fingerprint density at radius 3 is 2.69 bits per heavy atom. The zero-order chi connectivity index (χ0) is 18.9. The van der Waals surface area contributed by atoms with Crippen molar-refractivity contribution in [3.63, 3.8) is 0 Å². The van der Waals surface area contributed by atoms with Crippen LogP contribution in [-0.4, -0.2) is 12.1 Å². The third kappa shape index (κ3) is 5.68. The maximum absolute atomic E-state index is 13.6. The molecule has 2 N–H and O–H groups in total. The minimum absolute atomic E-state index is 0.330. The van der Waals surface area contributed by atoms with Crippen LogP contribution in [-0.2, 0) is 0 Å². The molecule has 2 aromatic carbocycles. The molecule has 0 radical (unpaired) electrons. The van der Waals surface area contributed by atoms with Crippen LogP contribution in [0.25, 0.3) is 5.70 Å². The van der Waals surface area contributed by atoms with Gasteiger partial charge in [0.15, 0.2) is 0 Å². The first-order chi connectivity index (χ1) is 12.5. The number of aliphatic imine (C=N–C) groups is 1. The number of amides is 1. The van der Waals surface area contributed by atoms with Crippen molar-refractivity contribution in [3.8, 4) is 0 Å². The van der Waals surface area contributed by atoms with E-state index in [4.69, 9.17) is 0 Å². The lowest BCUT2D eigenvalue weighted by Gasteiger charge is -2.09. The molecule has 2 rings (SSSR count). The molecule has 26 heavy (non-hydrogen) atoms. The van der Waals surface area contributed by atoms with Crippen molar-refractivity contribution in [1.82, 2.24) is 10.3 Å². The summed E-state index contributed by atoms with van der Waals surface area (Å²) in [6.45, 7) is 7.72. The number of nitrogens with one attached hydrogen (secondary N) is 2. The van der Waals surface area contributed by atoms with Crippen LogP contribution in [0, 0.1) is 12.7 Å². The second kappa shape index (κ2) is 9.70. The van der Waals surface area contributed by atoms with E-state index in [0.29, 0.717) is 16.2 Å². The van der Waals surface area contributed by atoms with Gasteiger partial charge < -0.3 is 0 Å². The van der Waals surface area contributed by atoms with Crippen LogP contribution in [0.4, 0.5) is 4.39 Å². The molecule has 0 spiro atoms. The van der Waals surface area contributed by atoms with E-state index >= 15 is 0 Å². The summed E-state index contributed by atoms with van der Waals surface area (Å²) in [5.41, 5.74) is 5.25. The van der Waals surface area contributed by atoms with Gasteiger partial charge in [-0.05, 0) is 67.8 Å². The molecule has 0 aliphatic heterocycles. The molecule has 0 heterocycles. The van der Waals surface area contributed by atoms with Gasteiger partial charge in [-0.25, -0.2) is 4.39 Å². The summed E-state index contributed by atoms with van der Waals surface area (Å²) in [6, 6.07) is 11.7. The third-order valence-electron chi connectivity index (χ3n) is 3.34. The molecule has 0 aromatic heterocycles. The first kappa shape index (κ1) is 19.6. The van der Waals surface area contributed by atoms with Gasteiger partial charge in [-0.2, -0.15) is 4.83 Å². The number of hydrogen-bond acceptors (Lipinski definition) is 4. The van der Waals surface area contributed by atoms with E-state index in [1.54, 1.807) is 42.6 Å². The summed E-state index contributed by atoms with van der Waals surface area (Å²) in [5.74, 6) is -0.684. The number of nitrogens with zero attached hydrogens (tertiary/aromatic N) is 1. The van der Waals surface area contributed by atoms with Crippen LogP contribution in [0.3, 0.4) is 0 Å². The van der Waals surface area contributed by atoms with Gasteiger partial charge >= 0.3 is 0 Å². The number of allylic oxidation sites excluding steroid dienone is 2. The Bertz CT molecular complexity index is 862. The maximum atomic E-state index is 13.6. The summed E-state index contributed by atoms with van der Waals surface area (Å²) in [6.07, 6.45) is 5.32. The van der Waals surface area contributed by atoms with Gasteiger partial charge in [0, 0.05) is 17.3 Å².